The van der Waals surface area contributed by atoms with Gasteiger partial charge in [-0.05, 0) is 46.1 Å². The molecule has 0 aromatic rings. The molecule has 2 nitrogen and oxygen atoms in total. The van der Waals surface area contributed by atoms with E-state index in [1.807, 2.05) is 6.08 Å². The minimum Gasteiger partial charge on any atom is -0.462 e. The second-order valence-electron chi connectivity index (χ2n) is 4.03. The van der Waals surface area contributed by atoms with Crippen LogP contribution in [-0.4, -0.2) is 12.6 Å². The van der Waals surface area contributed by atoms with Crippen LogP contribution < -0.4 is 0 Å². The van der Waals surface area contributed by atoms with E-state index >= 15 is 0 Å². The first kappa shape index (κ1) is 13.9. The first-order valence-corrected chi connectivity index (χ1v) is 5.44. The van der Waals surface area contributed by atoms with Crippen molar-refractivity contribution in [3.05, 3.63) is 23.3 Å². The third-order valence-electron chi connectivity index (χ3n) is 2.05. The van der Waals surface area contributed by atoms with Crippen LogP contribution in [0, 0.1) is 0 Å². The summed E-state index contributed by atoms with van der Waals surface area (Å²) in [6.07, 6.45) is 7.59. The maximum absolute atomic E-state index is 10.5. The largest absolute Gasteiger partial charge is 0.462 e. The van der Waals surface area contributed by atoms with Gasteiger partial charge in [0.1, 0.15) is 6.61 Å². The minimum atomic E-state index is -0.219. The van der Waals surface area contributed by atoms with Gasteiger partial charge in [0, 0.05) is 6.92 Å². The van der Waals surface area contributed by atoms with Crippen molar-refractivity contribution in [3.63, 3.8) is 0 Å². The molecule has 86 valence electrons. The van der Waals surface area contributed by atoms with Crippen LogP contribution in [-0.2, 0) is 9.53 Å². The number of unbranched alkanes of at least 4 members (excludes halogenated alkanes) is 1. The second-order valence-corrected chi connectivity index (χ2v) is 4.03. The van der Waals surface area contributed by atoms with E-state index in [0.717, 1.165) is 19.3 Å². The van der Waals surface area contributed by atoms with Crippen molar-refractivity contribution in [2.45, 2.75) is 47.0 Å². The van der Waals surface area contributed by atoms with Gasteiger partial charge in [0.05, 0.1) is 0 Å². The van der Waals surface area contributed by atoms with Crippen molar-refractivity contribution in [1.82, 2.24) is 0 Å². The monoisotopic (exact) mass is 210 g/mol. The Hall–Kier alpha value is -1.05. The number of hydrogen-bond donors (Lipinski definition) is 0. The number of ether oxygens (including phenoxy) is 1. The zero-order valence-electron chi connectivity index (χ0n) is 10.3. The molecule has 0 aliphatic heterocycles. The molecule has 0 aromatic carbocycles. The van der Waals surface area contributed by atoms with Crippen molar-refractivity contribution in [2.75, 3.05) is 6.61 Å². The van der Waals surface area contributed by atoms with E-state index < -0.39 is 0 Å². The molecule has 0 saturated heterocycles. The Morgan fingerprint density at radius 3 is 2.33 bits per heavy atom. The van der Waals surface area contributed by atoms with Gasteiger partial charge in [-0.15, -0.1) is 0 Å². The molecule has 0 rings (SSSR count). The highest BCUT2D eigenvalue weighted by Gasteiger charge is 1.92. The summed E-state index contributed by atoms with van der Waals surface area (Å²) in [6.45, 7) is 8.14. The van der Waals surface area contributed by atoms with Gasteiger partial charge in [-0.3, -0.25) is 4.79 Å². The third kappa shape index (κ3) is 10.9. The van der Waals surface area contributed by atoms with Gasteiger partial charge in [-0.1, -0.05) is 17.2 Å². The standard InChI is InChI=1S/C13H22O2/c1-11(2)7-5-6-8-12(3)9-10-15-13(4)14/h7,9H,5-6,8,10H2,1-4H3/b12-9+. The zero-order chi connectivity index (χ0) is 11.7. The highest BCUT2D eigenvalue weighted by atomic mass is 16.5. The predicted molar refractivity (Wildman–Crippen MR) is 63.7 cm³/mol. The van der Waals surface area contributed by atoms with Crippen molar-refractivity contribution in [2.24, 2.45) is 0 Å². The van der Waals surface area contributed by atoms with Crippen LogP contribution in [0.2, 0.25) is 0 Å². The number of allylic oxidation sites excluding steroid dienone is 3. The summed E-state index contributed by atoms with van der Waals surface area (Å²) in [6, 6.07) is 0. The quantitative estimate of drug-likeness (QED) is 0.380. The molecule has 2 heteroatoms. The summed E-state index contributed by atoms with van der Waals surface area (Å²) in [5.41, 5.74) is 2.66. The van der Waals surface area contributed by atoms with E-state index in [1.165, 1.54) is 18.1 Å². The van der Waals surface area contributed by atoms with Gasteiger partial charge >= 0.3 is 5.97 Å². The average molecular weight is 210 g/mol. The summed E-state index contributed by atoms with van der Waals surface area (Å²) in [5.74, 6) is -0.219. The van der Waals surface area contributed by atoms with Crippen molar-refractivity contribution in [3.8, 4) is 0 Å². The Bertz CT molecular complexity index is 245. The van der Waals surface area contributed by atoms with Crippen molar-refractivity contribution < 1.29 is 9.53 Å². The van der Waals surface area contributed by atoms with E-state index in [0.29, 0.717) is 6.61 Å². The Labute approximate surface area is 93.0 Å². The van der Waals surface area contributed by atoms with Crippen LogP contribution >= 0.6 is 0 Å². The highest BCUT2D eigenvalue weighted by Crippen LogP contribution is 2.08. The molecule has 0 aliphatic rings. The van der Waals surface area contributed by atoms with Gasteiger partial charge in [0.25, 0.3) is 0 Å². The summed E-state index contributed by atoms with van der Waals surface area (Å²) < 4.78 is 4.83. The van der Waals surface area contributed by atoms with E-state index in [-0.39, 0.29) is 5.97 Å². The van der Waals surface area contributed by atoms with E-state index in [1.54, 1.807) is 0 Å². The molecule has 0 spiro atoms. The Morgan fingerprint density at radius 2 is 1.80 bits per heavy atom. The van der Waals surface area contributed by atoms with E-state index in [4.69, 9.17) is 4.74 Å². The number of rotatable bonds is 6. The Balaban J connectivity index is 3.59. The van der Waals surface area contributed by atoms with Crippen LogP contribution in [0.3, 0.4) is 0 Å². The molecule has 0 aliphatic carbocycles. The van der Waals surface area contributed by atoms with Crippen molar-refractivity contribution >= 4 is 5.97 Å². The van der Waals surface area contributed by atoms with Gasteiger partial charge in [-0.25, -0.2) is 0 Å². The first-order valence-electron chi connectivity index (χ1n) is 5.44. The van der Waals surface area contributed by atoms with Gasteiger partial charge in [0.2, 0.25) is 0 Å². The highest BCUT2D eigenvalue weighted by molar-refractivity contribution is 5.66. The zero-order valence-corrected chi connectivity index (χ0v) is 10.3. The first-order chi connectivity index (χ1) is 7.02. The molecule has 0 unspecified atom stereocenters. The lowest BCUT2D eigenvalue weighted by atomic mass is 10.1. The van der Waals surface area contributed by atoms with Crippen LogP contribution in [0.4, 0.5) is 0 Å². The van der Waals surface area contributed by atoms with Crippen LogP contribution in [0.25, 0.3) is 0 Å². The Kier molecular flexibility index (Phi) is 7.69. The average Bonchev–Trinajstić information content (AvgIpc) is 2.11. The molecular weight excluding hydrogens is 188 g/mol. The molecule has 0 N–H and O–H groups in total. The molecular formula is C13H22O2. The molecule has 0 heterocycles. The molecule has 0 amide bonds. The van der Waals surface area contributed by atoms with Crippen LogP contribution in [0.15, 0.2) is 23.3 Å². The van der Waals surface area contributed by atoms with Gasteiger partial charge < -0.3 is 4.74 Å². The number of carbonyl (C=O) groups is 1. The lowest BCUT2D eigenvalue weighted by Crippen LogP contribution is -1.98. The van der Waals surface area contributed by atoms with Crippen molar-refractivity contribution in [1.29, 1.82) is 0 Å². The van der Waals surface area contributed by atoms with Gasteiger partial charge in [0.15, 0.2) is 0 Å². The smallest absolute Gasteiger partial charge is 0.302 e. The van der Waals surface area contributed by atoms with E-state index in [2.05, 4.69) is 26.8 Å². The maximum atomic E-state index is 10.5. The molecule has 0 saturated carbocycles. The van der Waals surface area contributed by atoms with Crippen LogP contribution in [0.1, 0.15) is 47.0 Å². The SMILES string of the molecule is CC(=O)OC/C=C(\C)CCCC=C(C)C. The fourth-order valence-corrected chi connectivity index (χ4v) is 1.17. The summed E-state index contributed by atoms with van der Waals surface area (Å²) in [4.78, 5) is 10.5. The normalized spacial score (nSPS) is 11.1. The topological polar surface area (TPSA) is 26.3 Å². The molecule has 0 bridgehead atoms. The summed E-state index contributed by atoms with van der Waals surface area (Å²) >= 11 is 0. The number of hydrogen-bond acceptors (Lipinski definition) is 2. The van der Waals surface area contributed by atoms with E-state index in [9.17, 15) is 4.79 Å². The molecule has 0 fully saturated rings. The lowest BCUT2D eigenvalue weighted by molar-refractivity contribution is -0.139. The fraction of sp³-hybridized carbons (Fsp3) is 0.615. The number of esters is 1. The molecule has 0 aromatic heterocycles. The maximum Gasteiger partial charge on any atom is 0.302 e. The predicted octanol–water partition coefficient (Wildman–Crippen LogP) is 3.63. The second kappa shape index (κ2) is 8.27. The molecule has 15 heavy (non-hydrogen) atoms. The number of carbonyl (C=O) groups excluding carboxylic acids is 1. The summed E-state index contributed by atoms with van der Waals surface area (Å²) in [7, 11) is 0. The molecule has 0 radical (unpaired) electrons. The van der Waals surface area contributed by atoms with Crippen LogP contribution in [0.5, 0.6) is 0 Å². The Morgan fingerprint density at radius 1 is 1.13 bits per heavy atom. The van der Waals surface area contributed by atoms with Gasteiger partial charge in [-0.2, -0.15) is 0 Å². The fourth-order valence-electron chi connectivity index (χ4n) is 1.17. The third-order valence-corrected chi connectivity index (χ3v) is 2.05. The minimum absolute atomic E-state index is 0.219. The molecule has 0 atom stereocenters. The lowest BCUT2D eigenvalue weighted by Gasteiger charge is -2.01. The summed E-state index contributed by atoms with van der Waals surface area (Å²) in [5, 5.41) is 0.